The van der Waals surface area contributed by atoms with Crippen molar-refractivity contribution in [2.75, 3.05) is 32.5 Å². The first-order chi connectivity index (χ1) is 8.02. The minimum Gasteiger partial charge on any atom is -0.370 e. The van der Waals surface area contributed by atoms with E-state index in [1.807, 2.05) is 6.07 Å². The van der Waals surface area contributed by atoms with Gasteiger partial charge in [-0.25, -0.2) is 9.97 Å². The Bertz CT molecular complexity index is 347. The SMILES string of the molecule is CCNc1cc(C(C)C)nc(CCN(C)C)n1. The largest absolute Gasteiger partial charge is 0.370 e. The van der Waals surface area contributed by atoms with Crippen molar-refractivity contribution in [1.82, 2.24) is 14.9 Å². The van der Waals surface area contributed by atoms with Crippen LogP contribution >= 0.6 is 0 Å². The van der Waals surface area contributed by atoms with Crippen LogP contribution in [0.25, 0.3) is 0 Å². The minimum absolute atomic E-state index is 0.438. The lowest BCUT2D eigenvalue weighted by Gasteiger charge is -2.12. The second-order valence-electron chi connectivity index (χ2n) is 4.83. The van der Waals surface area contributed by atoms with Crippen molar-refractivity contribution in [3.63, 3.8) is 0 Å². The molecule has 0 aliphatic rings. The van der Waals surface area contributed by atoms with Gasteiger partial charge in [-0.3, -0.25) is 0 Å². The molecular weight excluding hydrogens is 212 g/mol. The van der Waals surface area contributed by atoms with Crippen LogP contribution in [0.3, 0.4) is 0 Å². The maximum absolute atomic E-state index is 4.61. The zero-order valence-electron chi connectivity index (χ0n) is 11.6. The van der Waals surface area contributed by atoms with Crippen LogP contribution in [0.15, 0.2) is 6.07 Å². The van der Waals surface area contributed by atoms with Gasteiger partial charge in [0.2, 0.25) is 0 Å². The number of likely N-dealkylation sites (N-methyl/N-ethyl adjacent to an activating group) is 1. The molecule has 0 unspecified atom stereocenters. The van der Waals surface area contributed by atoms with Gasteiger partial charge in [-0.2, -0.15) is 0 Å². The monoisotopic (exact) mass is 236 g/mol. The molecule has 0 amide bonds. The molecule has 0 atom stereocenters. The summed E-state index contributed by atoms with van der Waals surface area (Å²) in [5, 5.41) is 3.27. The van der Waals surface area contributed by atoms with Gasteiger partial charge in [0.15, 0.2) is 0 Å². The van der Waals surface area contributed by atoms with Crippen molar-refractivity contribution in [2.24, 2.45) is 0 Å². The van der Waals surface area contributed by atoms with Crippen molar-refractivity contribution in [3.05, 3.63) is 17.6 Å². The van der Waals surface area contributed by atoms with E-state index in [0.29, 0.717) is 5.92 Å². The van der Waals surface area contributed by atoms with Gasteiger partial charge in [-0.05, 0) is 26.9 Å². The second kappa shape index (κ2) is 6.55. The van der Waals surface area contributed by atoms with E-state index in [-0.39, 0.29) is 0 Å². The zero-order valence-corrected chi connectivity index (χ0v) is 11.6. The molecule has 17 heavy (non-hydrogen) atoms. The van der Waals surface area contributed by atoms with Gasteiger partial charge in [0, 0.05) is 31.3 Å². The van der Waals surface area contributed by atoms with Crippen LogP contribution in [-0.2, 0) is 6.42 Å². The lowest BCUT2D eigenvalue weighted by Crippen LogP contribution is -2.17. The Morgan fingerprint density at radius 3 is 2.53 bits per heavy atom. The van der Waals surface area contributed by atoms with Crippen LogP contribution in [0, 0.1) is 0 Å². The van der Waals surface area contributed by atoms with E-state index in [1.165, 1.54) is 0 Å². The van der Waals surface area contributed by atoms with E-state index >= 15 is 0 Å². The molecule has 4 heteroatoms. The minimum atomic E-state index is 0.438. The molecule has 1 aromatic heterocycles. The number of rotatable bonds is 6. The highest BCUT2D eigenvalue weighted by Crippen LogP contribution is 2.15. The highest BCUT2D eigenvalue weighted by atomic mass is 15.1. The average molecular weight is 236 g/mol. The standard InChI is InChI=1S/C13H24N4/c1-6-14-13-9-11(10(2)3)15-12(16-13)7-8-17(4)5/h9-10H,6-8H2,1-5H3,(H,14,15,16). The lowest BCUT2D eigenvalue weighted by atomic mass is 10.1. The zero-order chi connectivity index (χ0) is 12.8. The number of aromatic nitrogens is 2. The summed E-state index contributed by atoms with van der Waals surface area (Å²) in [6.45, 7) is 8.27. The van der Waals surface area contributed by atoms with E-state index in [4.69, 9.17) is 0 Å². The van der Waals surface area contributed by atoms with Crippen LogP contribution in [-0.4, -0.2) is 42.1 Å². The van der Waals surface area contributed by atoms with Crippen LogP contribution in [0.2, 0.25) is 0 Å². The maximum atomic E-state index is 4.61. The predicted octanol–water partition coefficient (Wildman–Crippen LogP) is 2.14. The first-order valence-electron chi connectivity index (χ1n) is 6.29. The Morgan fingerprint density at radius 2 is 2.00 bits per heavy atom. The van der Waals surface area contributed by atoms with E-state index in [0.717, 1.165) is 36.8 Å². The fraction of sp³-hybridized carbons (Fsp3) is 0.692. The first kappa shape index (κ1) is 13.9. The van der Waals surface area contributed by atoms with Crippen LogP contribution in [0.5, 0.6) is 0 Å². The van der Waals surface area contributed by atoms with Gasteiger partial charge < -0.3 is 10.2 Å². The summed E-state index contributed by atoms with van der Waals surface area (Å²) >= 11 is 0. The quantitative estimate of drug-likeness (QED) is 0.821. The molecule has 4 nitrogen and oxygen atoms in total. The van der Waals surface area contributed by atoms with Gasteiger partial charge in [0.05, 0.1) is 0 Å². The summed E-state index contributed by atoms with van der Waals surface area (Å²) in [4.78, 5) is 11.3. The number of nitrogens with zero attached hydrogens (tertiary/aromatic N) is 3. The molecule has 1 N–H and O–H groups in total. The molecule has 1 heterocycles. The number of nitrogens with one attached hydrogen (secondary N) is 1. The van der Waals surface area contributed by atoms with E-state index in [2.05, 4.69) is 55.1 Å². The van der Waals surface area contributed by atoms with Crippen LogP contribution < -0.4 is 5.32 Å². The molecule has 1 rings (SSSR count). The Morgan fingerprint density at radius 1 is 1.29 bits per heavy atom. The van der Waals surface area contributed by atoms with Gasteiger partial charge in [-0.1, -0.05) is 13.8 Å². The van der Waals surface area contributed by atoms with E-state index in [9.17, 15) is 0 Å². The fourth-order valence-electron chi connectivity index (χ4n) is 1.52. The molecule has 0 saturated carbocycles. The Kier molecular flexibility index (Phi) is 5.35. The van der Waals surface area contributed by atoms with E-state index in [1.54, 1.807) is 0 Å². The van der Waals surface area contributed by atoms with Gasteiger partial charge >= 0.3 is 0 Å². The highest BCUT2D eigenvalue weighted by Gasteiger charge is 2.07. The molecular formula is C13H24N4. The lowest BCUT2D eigenvalue weighted by molar-refractivity contribution is 0.409. The van der Waals surface area contributed by atoms with Crippen molar-refractivity contribution >= 4 is 5.82 Å². The van der Waals surface area contributed by atoms with Crippen molar-refractivity contribution in [2.45, 2.75) is 33.1 Å². The molecule has 96 valence electrons. The van der Waals surface area contributed by atoms with Crippen molar-refractivity contribution in [3.8, 4) is 0 Å². The Balaban J connectivity index is 2.87. The molecule has 0 aliphatic carbocycles. The highest BCUT2D eigenvalue weighted by molar-refractivity contribution is 5.36. The third-order valence-electron chi connectivity index (χ3n) is 2.52. The molecule has 0 bridgehead atoms. The third-order valence-corrected chi connectivity index (χ3v) is 2.52. The number of hydrogen-bond donors (Lipinski definition) is 1. The summed E-state index contributed by atoms with van der Waals surface area (Å²) in [5.74, 6) is 2.31. The number of hydrogen-bond acceptors (Lipinski definition) is 4. The van der Waals surface area contributed by atoms with Crippen LogP contribution in [0.4, 0.5) is 5.82 Å². The Labute approximate surface area is 104 Å². The molecule has 0 aliphatic heterocycles. The second-order valence-corrected chi connectivity index (χ2v) is 4.83. The molecule has 0 saturated heterocycles. The van der Waals surface area contributed by atoms with Crippen molar-refractivity contribution < 1.29 is 0 Å². The summed E-state index contributed by atoms with van der Waals surface area (Å²) in [6.07, 6.45) is 0.895. The summed E-state index contributed by atoms with van der Waals surface area (Å²) in [5.41, 5.74) is 1.12. The van der Waals surface area contributed by atoms with Gasteiger partial charge in [0.25, 0.3) is 0 Å². The Hall–Kier alpha value is -1.16. The van der Waals surface area contributed by atoms with Gasteiger partial charge in [0.1, 0.15) is 11.6 Å². The normalized spacial score (nSPS) is 11.2. The molecule has 0 fully saturated rings. The first-order valence-corrected chi connectivity index (χ1v) is 6.29. The fourth-order valence-corrected chi connectivity index (χ4v) is 1.52. The number of anilines is 1. The summed E-state index contributed by atoms with van der Waals surface area (Å²) in [6, 6.07) is 2.05. The average Bonchev–Trinajstić information content (AvgIpc) is 2.26. The smallest absolute Gasteiger partial charge is 0.132 e. The van der Waals surface area contributed by atoms with Gasteiger partial charge in [-0.15, -0.1) is 0 Å². The molecule has 1 aromatic rings. The maximum Gasteiger partial charge on any atom is 0.132 e. The summed E-state index contributed by atoms with van der Waals surface area (Å²) in [7, 11) is 4.13. The predicted molar refractivity (Wildman–Crippen MR) is 72.5 cm³/mol. The van der Waals surface area contributed by atoms with E-state index < -0.39 is 0 Å². The van der Waals surface area contributed by atoms with Crippen molar-refractivity contribution in [1.29, 1.82) is 0 Å². The topological polar surface area (TPSA) is 41.1 Å². The van der Waals surface area contributed by atoms with Crippen LogP contribution in [0.1, 0.15) is 38.2 Å². The molecule has 0 spiro atoms. The summed E-state index contributed by atoms with van der Waals surface area (Å²) < 4.78 is 0. The molecule has 0 radical (unpaired) electrons. The molecule has 0 aromatic carbocycles. The third kappa shape index (κ3) is 4.69.